The number of alkyl halides is 1. The standard InChI is InChI=1S/C13H12Cl2N2O4S/c14-7-1-2-12(18)16-8-9-17(13(16)19)22(20,21)11-5-3-10(15)4-6-11/h3-6,8-9H,1-2,7H2. The molecule has 118 valence electrons. The first-order valence-corrected chi connectivity index (χ1v) is 8.63. The van der Waals surface area contributed by atoms with Gasteiger partial charge in [0.05, 0.1) is 4.90 Å². The van der Waals surface area contributed by atoms with Crippen LogP contribution in [0.15, 0.2) is 46.3 Å². The molecule has 0 atom stereocenters. The average Bonchev–Trinajstić information content (AvgIpc) is 2.87. The number of nitrogens with zero attached hydrogens (tertiary/aromatic N) is 2. The Morgan fingerprint density at radius 1 is 1.14 bits per heavy atom. The van der Waals surface area contributed by atoms with Crippen LogP contribution in [-0.2, 0) is 10.0 Å². The number of hydrogen-bond acceptors (Lipinski definition) is 4. The van der Waals surface area contributed by atoms with Crippen molar-refractivity contribution in [3.05, 3.63) is 52.2 Å². The topological polar surface area (TPSA) is 78.1 Å². The van der Waals surface area contributed by atoms with Crippen LogP contribution in [0, 0.1) is 0 Å². The molecule has 2 aromatic rings. The molecular formula is C13H12Cl2N2O4S. The molecule has 0 N–H and O–H groups in total. The van der Waals surface area contributed by atoms with Gasteiger partial charge in [-0.1, -0.05) is 11.6 Å². The number of halogens is 2. The lowest BCUT2D eigenvalue weighted by molar-refractivity contribution is 0.0898. The van der Waals surface area contributed by atoms with Gasteiger partial charge in [-0.2, -0.15) is 3.97 Å². The monoisotopic (exact) mass is 362 g/mol. The zero-order valence-electron chi connectivity index (χ0n) is 11.3. The predicted molar refractivity (Wildman–Crippen MR) is 83.3 cm³/mol. The van der Waals surface area contributed by atoms with Crippen LogP contribution in [0.1, 0.15) is 17.6 Å². The summed E-state index contributed by atoms with van der Waals surface area (Å²) >= 11 is 11.2. The van der Waals surface area contributed by atoms with Crippen LogP contribution in [0.2, 0.25) is 5.02 Å². The Kier molecular flexibility index (Phi) is 5.10. The van der Waals surface area contributed by atoms with Gasteiger partial charge in [-0.15, -0.1) is 11.6 Å². The highest BCUT2D eigenvalue weighted by Crippen LogP contribution is 2.16. The van der Waals surface area contributed by atoms with E-state index in [-0.39, 0.29) is 17.2 Å². The summed E-state index contributed by atoms with van der Waals surface area (Å²) in [5.41, 5.74) is -0.936. The van der Waals surface area contributed by atoms with Crippen molar-refractivity contribution in [2.45, 2.75) is 17.7 Å². The number of benzene rings is 1. The molecule has 0 unspecified atom stereocenters. The molecule has 2 rings (SSSR count). The summed E-state index contributed by atoms with van der Waals surface area (Å²) in [6.45, 7) is 0. The van der Waals surface area contributed by atoms with E-state index in [1.54, 1.807) is 0 Å². The van der Waals surface area contributed by atoms with Crippen LogP contribution in [-0.4, -0.2) is 28.7 Å². The Morgan fingerprint density at radius 3 is 2.36 bits per heavy atom. The van der Waals surface area contributed by atoms with Gasteiger partial charge in [0, 0.05) is 29.7 Å². The molecule has 22 heavy (non-hydrogen) atoms. The zero-order valence-corrected chi connectivity index (χ0v) is 13.6. The molecule has 0 saturated carbocycles. The van der Waals surface area contributed by atoms with Crippen LogP contribution in [0.3, 0.4) is 0 Å². The van der Waals surface area contributed by atoms with E-state index in [0.29, 0.717) is 15.4 Å². The van der Waals surface area contributed by atoms with Gasteiger partial charge in [-0.25, -0.2) is 17.8 Å². The fourth-order valence-corrected chi connectivity index (χ4v) is 3.27. The Balaban J connectivity index is 2.41. The Hall–Kier alpha value is -1.57. The molecule has 0 aliphatic heterocycles. The van der Waals surface area contributed by atoms with E-state index in [9.17, 15) is 18.0 Å². The first kappa shape index (κ1) is 16.8. The smallest absolute Gasteiger partial charge is 0.274 e. The van der Waals surface area contributed by atoms with Crippen LogP contribution in [0.5, 0.6) is 0 Å². The Bertz CT molecular complexity index is 838. The van der Waals surface area contributed by atoms with Crippen molar-refractivity contribution in [1.29, 1.82) is 0 Å². The highest BCUT2D eigenvalue weighted by atomic mass is 35.5. The quantitative estimate of drug-likeness (QED) is 0.763. The zero-order chi connectivity index (χ0) is 16.3. The van der Waals surface area contributed by atoms with Crippen molar-refractivity contribution >= 4 is 39.1 Å². The molecule has 1 heterocycles. The van der Waals surface area contributed by atoms with Gasteiger partial charge in [-0.3, -0.25) is 4.79 Å². The van der Waals surface area contributed by atoms with Crippen molar-refractivity contribution in [3.8, 4) is 0 Å². The van der Waals surface area contributed by atoms with E-state index < -0.39 is 21.6 Å². The van der Waals surface area contributed by atoms with Gasteiger partial charge in [0.2, 0.25) is 5.91 Å². The lowest BCUT2D eigenvalue weighted by Crippen LogP contribution is -2.32. The molecule has 0 spiro atoms. The molecule has 0 saturated heterocycles. The van der Waals surface area contributed by atoms with Crippen molar-refractivity contribution in [3.63, 3.8) is 0 Å². The predicted octanol–water partition coefficient (Wildman–Crippen LogP) is 2.20. The Labute approximate surface area is 136 Å². The van der Waals surface area contributed by atoms with Gasteiger partial charge in [0.1, 0.15) is 0 Å². The van der Waals surface area contributed by atoms with Crippen LogP contribution < -0.4 is 5.69 Å². The molecular weight excluding hydrogens is 351 g/mol. The molecule has 0 amide bonds. The van der Waals surface area contributed by atoms with Crippen LogP contribution in [0.25, 0.3) is 0 Å². The lowest BCUT2D eigenvalue weighted by Gasteiger charge is -2.04. The third kappa shape index (κ3) is 3.26. The molecule has 9 heteroatoms. The van der Waals surface area contributed by atoms with Gasteiger partial charge in [-0.05, 0) is 30.7 Å². The summed E-state index contributed by atoms with van der Waals surface area (Å²) in [7, 11) is -4.07. The fourth-order valence-electron chi connectivity index (χ4n) is 1.79. The summed E-state index contributed by atoms with van der Waals surface area (Å²) in [6, 6.07) is 5.39. The largest absolute Gasteiger partial charge is 0.349 e. The summed E-state index contributed by atoms with van der Waals surface area (Å²) < 4.78 is 26.1. The summed E-state index contributed by atoms with van der Waals surface area (Å²) in [5, 5.41) is 0.375. The van der Waals surface area contributed by atoms with Crippen molar-refractivity contribution in [1.82, 2.24) is 8.54 Å². The molecule has 6 nitrogen and oxygen atoms in total. The maximum atomic E-state index is 12.4. The first-order valence-electron chi connectivity index (χ1n) is 6.28. The number of carbonyl (C=O) groups is 1. The second-order valence-electron chi connectivity index (χ2n) is 4.39. The average molecular weight is 363 g/mol. The molecule has 1 aromatic carbocycles. The molecule has 0 aliphatic rings. The third-order valence-electron chi connectivity index (χ3n) is 2.91. The number of rotatable bonds is 5. The highest BCUT2D eigenvalue weighted by molar-refractivity contribution is 7.90. The summed E-state index contributed by atoms with van der Waals surface area (Å²) in [5.74, 6) is -0.222. The third-order valence-corrected chi connectivity index (χ3v) is 5.09. The molecule has 1 aromatic heterocycles. The Morgan fingerprint density at radius 2 is 1.77 bits per heavy atom. The minimum Gasteiger partial charge on any atom is -0.274 e. The minimum absolute atomic E-state index is 0.0639. The highest BCUT2D eigenvalue weighted by Gasteiger charge is 2.22. The summed E-state index contributed by atoms with van der Waals surface area (Å²) in [4.78, 5) is 23.9. The summed E-state index contributed by atoms with van der Waals surface area (Å²) in [6.07, 6.45) is 2.65. The molecule has 0 aliphatic carbocycles. The number of aromatic nitrogens is 2. The van der Waals surface area contributed by atoms with Crippen LogP contribution in [0.4, 0.5) is 0 Å². The molecule has 0 fully saturated rings. The van der Waals surface area contributed by atoms with E-state index in [1.165, 1.54) is 24.3 Å². The van der Waals surface area contributed by atoms with Crippen LogP contribution >= 0.6 is 23.2 Å². The van der Waals surface area contributed by atoms with E-state index in [1.807, 2.05) is 0 Å². The molecule has 0 bridgehead atoms. The van der Waals surface area contributed by atoms with Gasteiger partial charge >= 0.3 is 5.69 Å². The van der Waals surface area contributed by atoms with Crippen molar-refractivity contribution in [2.75, 3.05) is 5.88 Å². The number of carbonyl (C=O) groups excluding carboxylic acids is 1. The normalized spacial score (nSPS) is 11.5. The second kappa shape index (κ2) is 6.68. The van der Waals surface area contributed by atoms with Gasteiger partial charge in [0.15, 0.2) is 0 Å². The van der Waals surface area contributed by atoms with E-state index >= 15 is 0 Å². The SMILES string of the molecule is O=C(CCCCl)n1ccn(S(=O)(=O)c2ccc(Cl)cc2)c1=O. The minimum atomic E-state index is -4.07. The van der Waals surface area contributed by atoms with Crippen molar-refractivity contribution < 1.29 is 13.2 Å². The van der Waals surface area contributed by atoms with Gasteiger partial charge < -0.3 is 0 Å². The van der Waals surface area contributed by atoms with E-state index in [2.05, 4.69) is 0 Å². The van der Waals surface area contributed by atoms with Gasteiger partial charge in [0.25, 0.3) is 10.0 Å². The second-order valence-corrected chi connectivity index (χ2v) is 7.02. The van der Waals surface area contributed by atoms with E-state index in [0.717, 1.165) is 17.0 Å². The first-order chi connectivity index (χ1) is 10.4. The maximum absolute atomic E-state index is 12.4. The number of imidazole rings is 1. The number of hydrogen-bond donors (Lipinski definition) is 0. The molecule has 0 radical (unpaired) electrons. The van der Waals surface area contributed by atoms with Crippen molar-refractivity contribution in [2.24, 2.45) is 0 Å². The lowest BCUT2D eigenvalue weighted by atomic mass is 10.3. The fraction of sp³-hybridized carbons (Fsp3) is 0.231. The van der Waals surface area contributed by atoms with E-state index in [4.69, 9.17) is 23.2 Å². The maximum Gasteiger partial charge on any atom is 0.349 e.